The number of azide groups is 1. The standard InChI is InChI=1S/C10H11ClN4O2/c11-7-2-3-9(16)8(6-7)10(17)13-4-1-5-14-15-12/h2-3,6,16H,1,4-5H2,(H,13,17). The number of phenolic OH excluding ortho intramolecular Hbond substituents is 1. The van der Waals surface area contributed by atoms with Crippen molar-refractivity contribution in [3.05, 3.63) is 39.2 Å². The van der Waals surface area contributed by atoms with Crippen molar-refractivity contribution in [2.45, 2.75) is 6.42 Å². The van der Waals surface area contributed by atoms with Gasteiger partial charge in [0.25, 0.3) is 5.91 Å². The number of hydrogen-bond donors (Lipinski definition) is 2. The predicted octanol–water partition coefficient (Wildman–Crippen LogP) is 2.48. The van der Waals surface area contributed by atoms with Gasteiger partial charge in [0.2, 0.25) is 0 Å². The van der Waals surface area contributed by atoms with Crippen molar-refractivity contribution in [3.63, 3.8) is 0 Å². The Bertz CT molecular complexity index is 458. The van der Waals surface area contributed by atoms with Gasteiger partial charge in [0.15, 0.2) is 0 Å². The fourth-order valence-corrected chi connectivity index (χ4v) is 1.35. The highest BCUT2D eigenvalue weighted by Gasteiger charge is 2.10. The summed E-state index contributed by atoms with van der Waals surface area (Å²) < 4.78 is 0. The van der Waals surface area contributed by atoms with E-state index in [4.69, 9.17) is 17.1 Å². The number of carbonyl (C=O) groups is 1. The first-order chi connectivity index (χ1) is 8.15. The second kappa shape index (κ2) is 6.62. The molecule has 0 unspecified atom stereocenters. The average Bonchev–Trinajstić information content (AvgIpc) is 2.32. The van der Waals surface area contributed by atoms with Crippen LogP contribution in [0.4, 0.5) is 0 Å². The van der Waals surface area contributed by atoms with E-state index in [0.29, 0.717) is 24.5 Å². The molecule has 1 rings (SSSR count). The molecule has 0 aliphatic heterocycles. The molecule has 0 atom stereocenters. The van der Waals surface area contributed by atoms with E-state index in [1.807, 2.05) is 0 Å². The Kier molecular flexibility index (Phi) is 5.13. The van der Waals surface area contributed by atoms with Crippen LogP contribution in [-0.4, -0.2) is 24.1 Å². The molecule has 7 heteroatoms. The molecule has 6 nitrogen and oxygen atoms in total. The molecule has 2 N–H and O–H groups in total. The number of amides is 1. The van der Waals surface area contributed by atoms with Crippen molar-refractivity contribution in [2.75, 3.05) is 13.1 Å². The van der Waals surface area contributed by atoms with Gasteiger partial charge in [-0.05, 0) is 30.2 Å². The molecule has 1 aromatic rings. The Morgan fingerprint density at radius 3 is 3.06 bits per heavy atom. The van der Waals surface area contributed by atoms with Gasteiger partial charge in [-0.3, -0.25) is 4.79 Å². The van der Waals surface area contributed by atoms with Crippen LogP contribution in [0.1, 0.15) is 16.8 Å². The van der Waals surface area contributed by atoms with Crippen molar-refractivity contribution < 1.29 is 9.90 Å². The Morgan fingerprint density at radius 1 is 1.59 bits per heavy atom. The van der Waals surface area contributed by atoms with Crippen molar-refractivity contribution in [2.24, 2.45) is 5.11 Å². The first kappa shape index (κ1) is 13.2. The molecule has 90 valence electrons. The Morgan fingerprint density at radius 2 is 2.35 bits per heavy atom. The normalized spacial score (nSPS) is 9.47. The molecule has 0 saturated heterocycles. The lowest BCUT2D eigenvalue weighted by Crippen LogP contribution is -2.24. The summed E-state index contributed by atoms with van der Waals surface area (Å²) in [6, 6.07) is 4.24. The molecular formula is C10H11ClN4O2. The summed E-state index contributed by atoms with van der Waals surface area (Å²) in [6.07, 6.45) is 0.539. The zero-order valence-corrected chi connectivity index (χ0v) is 9.68. The summed E-state index contributed by atoms with van der Waals surface area (Å²) in [5.74, 6) is -0.534. The second-order valence-corrected chi connectivity index (χ2v) is 3.66. The van der Waals surface area contributed by atoms with Crippen molar-refractivity contribution in [1.29, 1.82) is 0 Å². The number of halogens is 1. The van der Waals surface area contributed by atoms with Gasteiger partial charge in [0, 0.05) is 23.0 Å². The molecule has 0 fully saturated rings. The monoisotopic (exact) mass is 254 g/mol. The number of rotatable bonds is 5. The summed E-state index contributed by atoms with van der Waals surface area (Å²) >= 11 is 5.72. The van der Waals surface area contributed by atoms with E-state index in [1.165, 1.54) is 18.2 Å². The number of hydrogen-bond acceptors (Lipinski definition) is 3. The highest BCUT2D eigenvalue weighted by molar-refractivity contribution is 6.31. The number of nitrogens with zero attached hydrogens (tertiary/aromatic N) is 3. The quantitative estimate of drug-likeness (QED) is 0.365. The minimum Gasteiger partial charge on any atom is -0.507 e. The number of benzene rings is 1. The van der Waals surface area contributed by atoms with Crippen LogP contribution in [-0.2, 0) is 0 Å². The third kappa shape index (κ3) is 4.22. The van der Waals surface area contributed by atoms with Crippen LogP contribution in [0, 0.1) is 0 Å². The van der Waals surface area contributed by atoms with E-state index in [1.54, 1.807) is 0 Å². The van der Waals surface area contributed by atoms with Crippen LogP contribution < -0.4 is 5.32 Å². The minimum atomic E-state index is -0.411. The highest BCUT2D eigenvalue weighted by atomic mass is 35.5. The Labute approximate surface area is 103 Å². The Hall–Kier alpha value is -1.91. The third-order valence-corrected chi connectivity index (χ3v) is 2.22. The molecule has 1 amide bonds. The van der Waals surface area contributed by atoms with Gasteiger partial charge < -0.3 is 10.4 Å². The van der Waals surface area contributed by atoms with Crippen LogP contribution in [0.25, 0.3) is 10.4 Å². The first-order valence-electron chi connectivity index (χ1n) is 4.92. The molecule has 0 saturated carbocycles. The van der Waals surface area contributed by atoms with Crippen LogP contribution in [0.15, 0.2) is 23.3 Å². The summed E-state index contributed by atoms with van der Waals surface area (Å²) in [7, 11) is 0. The summed E-state index contributed by atoms with van der Waals surface area (Å²) in [4.78, 5) is 14.2. The van der Waals surface area contributed by atoms with E-state index in [-0.39, 0.29) is 11.3 Å². The van der Waals surface area contributed by atoms with Crippen molar-refractivity contribution >= 4 is 17.5 Å². The zero-order valence-electron chi connectivity index (χ0n) is 8.93. The van der Waals surface area contributed by atoms with Crippen LogP contribution in [0.5, 0.6) is 5.75 Å². The van der Waals surface area contributed by atoms with Gasteiger partial charge in [-0.1, -0.05) is 16.7 Å². The minimum absolute atomic E-state index is 0.123. The summed E-state index contributed by atoms with van der Waals surface area (Å²) in [6.45, 7) is 0.683. The summed E-state index contributed by atoms with van der Waals surface area (Å²) in [5, 5.41) is 15.8. The second-order valence-electron chi connectivity index (χ2n) is 3.23. The van der Waals surface area contributed by atoms with Crippen LogP contribution in [0.2, 0.25) is 5.02 Å². The van der Waals surface area contributed by atoms with Gasteiger partial charge in [0.1, 0.15) is 5.75 Å². The van der Waals surface area contributed by atoms with Gasteiger partial charge >= 0.3 is 0 Å². The van der Waals surface area contributed by atoms with Gasteiger partial charge in [-0.15, -0.1) is 0 Å². The third-order valence-electron chi connectivity index (χ3n) is 1.99. The molecule has 17 heavy (non-hydrogen) atoms. The Balaban J connectivity index is 2.52. The van der Waals surface area contributed by atoms with Crippen molar-refractivity contribution in [3.8, 4) is 5.75 Å². The van der Waals surface area contributed by atoms with E-state index < -0.39 is 5.91 Å². The van der Waals surface area contributed by atoms with E-state index in [0.717, 1.165) is 0 Å². The summed E-state index contributed by atoms with van der Waals surface area (Å²) in [5.41, 5.74) is 8.17. The molecule has 0 aromatic heterocycles. The van der Waals surface area contributed by atoms with E-state index in [9.17, 15) is 9.90 Å². The maximum atomic E-state index is 11.6. The molecule has 1 aromatic carbocycles. The number of aromatic hydroxyl groups is 1. The molecule has 0 bridgehead atoms. The predicted molar refractivity (Wildman–Crippen MR) is 64.1 cm³/mol. The number of carbonyl (C=O) groups excluding carboxylic acids is 1. The van der Waals surface area contributed by atoms with E-state index >= 15 is 0 Å². The molecule has 0 heterocycles. The van der Waals surface area contributed by atoms with Crippen LogP contribution in [0.3, 0.4) is 0 Å². The largest absolute Gasteiger partial charge is 0.507 e. The fraction of sp³-hybridized carbons (Fsp3) is 0.300. The average molecular weight is 255 g/mol. The van der Waals surface area contributed by atoms with Crippen molar-refractivity contribution in [1.82, 2.24) is 5.32 Å². The number of phenols is 1. The molecular weight excluding hydrogens is 244 g/mol. The van der Waals surface area contributed by atoms with Gasteiger partial charge in [-0.25, -0.2) is 0 Å². The molecule has 0 radical (unpaired) electrons. The first-order valence-corrected chi connectivity index (χ1v) is 5.30. The van der Waals surface area contributed by atoms with Gasteiger partial charge in [-0.2, -0.15) is 0 Å². The number of nitrogens with one attached hydrogen (secondary N) is 1. The molecule has 0 aliphatic carbocycles. The maximum absolute atomic E-state index is 11.6. The van der Waals surface area contributed by atoms with Gasteiger partial charge in [0.05, 0.1) is 5.56 Å². The highest BCUT2D eigenvalue weighted by Crippen LogP contribution is 2.21. The smallest absolute Gasteiger partial charge is 0.255 e. The van der Waals surface area contributed by atoms with E-state index in [2.05, 4.69) is 15.3 Å². The van der Waals surface area contributed by atoms with Crippen LogP contribution >= 0.6 is 11.6 Å². The SMILES string of the molecule is [N-]=[N+]=NCCCNC(=O)c1cc(Cl)ccc1O. The molecule has 0 spiro atoms. The lowest BCUT2D eigenvalue weighted by atomic mass is 10.2. The lowest BCUT2D eigenvalue weighted by Gasteiger charge is -2.06. The molecule has 0 aliphatic rings. The topological polar surface area (TPSA) is 98.1 Å². The fourth-order valence-electron chi connectivity index (χ4n) is 1.18. The zero-order chi connectivity index (χ0) is 12.7. The lowest BCUT2D eigenvalue weighted by molar-refractivity contribution is 0.0951. The maximum Gasteiger partial charge on any atom is 0.255 e.